The summed E-state index contributed by atoms with van der Waals surface area (Å²) in [5.41, 5.74) is -9.77. The maximum atomic E-state index is 15.0. The Morgan fingerprint density at radius 1 is 1.07 bits per heavy atom. The molecule has 40 heavy (non-hydrogen) atoms. The van der Waals surface area contributed by atoms with Crippen molar-refractivity contribution < 1.29 is 58.1 Å². The highest BCUT2D eigenvalue weighted by molar-refractivity contribution is 6.02. The predicted molar refractivity (Wildman–Crippen MR) is 124 cm³/mol. The highest BCUT2D eigenvalue weighted by Gasteiger charge is 2.93. The van der Waals surface area contributed by atoms with E-state index in [4.69, 9.17) is 28.7 Å². The molecule has 2 N–H and O–H groups in total. The lowest BCUT2D eigenvalue weighted by Gasteiger charge is -2.65. The number of ketones is 2. The molecule has 12 heteroatoms. The van der Waals surface area contributed by atoms with E-state index < -0.39 is 92.6 Å². The molecule has 12 nitrogen and oxygen atoms in total. The first-order chi connectivity index (χ1) is 18.8. The summed E-state index contributed by atoms with van der Waals surface area (Å²) in [6.45, 7) is 4.86. The van der Waals surface area contributed by atoms with Gasteiger partial charge in [0.25, 0.3) is 0 Å². The number of carbonyl (C=O) groups is 4. The van der Waals surface area contributed by atoms with Crippen LogP contribution < -0.4 is 0 Å². The number of allylic oxidation sites excluding steroid dienone is 1. The lowest BCUT2D eigenvalue weighted by molar-refractivity contribution is -0.429. The molecule has 8 fully saturated rings. The zero-order chi connectivity index (χ0) is 28.0. The number of aliphatic hydroxyl groups is 2. The molecular formula is C28H30O12. The number of rotatable bonds is 0. The van der Waals surface area contributed by atoms with Crippen molar-refractivity contribution >= 4 is 23.5 Å². The third kappa shape index (κ3) is 1.93. The summed E-state index contributed by atoms with van der Waals surface area (Å²) in [7, 11) is 0. The maximum absolute atomic E-state index is 15.0. The fourth-order valence-electron chi connectivity index (χ4n) is 11.0. The summed E-state index contributed by atoms with van der Waals surface area (Å²) in [6.07, 6.45) is -0.257. The number of esters is 2. The monoisotopic (exact) mass is 558 g/mol. The minimum atomic E-state index is -2.29. The van der Waals surface area contributed by atoms with Gasteiger partial charge in [0.2, 0.25) is 17.3 Å². The molecule has 10 rings (SSSR count). The van der Waals surface area contributed by atoms with Crippen molar-refractivity contribution in [3.8, 4) is 0 Å². The van der Waals surface area contributed by atoms with E-state index in [1.54, 1.807) is 26.8 Å². The van der Waals surface area contributed by atoms with Crippen LogP contribution in [0.5, 0.6) is 0 Å². The molecule has 7 aliphatic heterocycles. The molecule has 4 unspecified atom stereocenters. The van der Waals surface area contributed by atoms with Crippen LogP contribution >= 0.6 is 0 Å². The molecule has 0 radical (unpaired) electrons. The van der Waals surface area contributed by atoms with E-state index in [2.05, 4.69) is 0 Å². The Hall–Kier alpha value is -2.38. The predicted octanol–water partition coefficient (Wildman–Crippen LogP) is 0.0198. The van der Waals surface area contributed by atoms with Crippen molar-refractivity contribution in [1.29, 1.82) is 0 Å². The van der Waals surface area contributed by atoms with Crippen LogP contribution in [0.15, 0.2) is 11.8 Å². The van der Waals surface area contributed by atoms with Crippen molar-refractivity contribution in [2.75, 3.05) is 6.61 Å². The summed E-state index contributed by atoms with van der Waals surface area (Å²) in [5.74, 6) is -8.03. The van der Waals surface area contributed by atoms with E-state index >= 15 is 0 Å². The number of aliphatic hydroxyl groups excluding tert-OH is 1. The highest BCUT2D eigenvalue weighted by Crippen LogP contribution is 2.76. The van der Waals surface area contributed by atoms with E-state index in [1.165, 1.54) is 0 Å². The number of hydrogen-bond acceptors (Lipinski definition) is 12. The first-order valence-electron chi connectivity index (χ1n) is 14.1. The number of carbonyl (C=O) groups excluding carboxylic acids is 4. The SMILES string of the molecule is C[C@@]12C[C@H]3OC(=O)[C@@H]1COC14O[C@]5(C2C1=O)[C@@](O)(CCC1C4C[C@@H](O)[C@@]24CC=C(OO2)C(=O)[C@]14C)C(=O)O[C@@]35C. The highest BCUT2D eigenvalue weighted by atomic mass is 17.2. The molecule has 0 aromatic carbocycles. The van der Waals surface area contributed by atoms with E-state index in [1.807, 2.05) is 0 Å². The molecule has 7 heterocycles. The third-order valence-corrected chi connectivity index (χ3v) is 13.0. The van der Waals surface area contributed by atoms with Crippen LogP contribution in [0, 0.1) is 34.5 Å². The Bertz CT molecular complexity index is 1410. The zero-order valence-electron chi connectivity index (χ0n) is 22.3. The lowest BCUT2D eigenvalue weighted by atomic mass is 9.46. The van der Waals surface area contributed by atoms with Gasteiger partial charge in [-0.1, -0.05) is 6.92 Å². The molecule has 0 aromatic heterocycles. The average molecular weight is 559 g/mol. The van der Waals surface area contributed by atoms with Crippen molar-refractivity contribution in [3.63, 3.8) is 0 Å². The van der Waals surface area contributed by atoms with Gasteiger partial charge in [0.1, 0.15) is 6.10 Å². The fraction of sp³-hybridized carbons (Fsp3) is 0.786. The molecule has 0 amide bonds. The van der Waals surface area contributed by atoms with Crippen LogP contribution in [0.1, 0.15) is 52.9 Å². The van der Waals surface area contributed by atoms with Gasteiger partial charge in [-0.3, -0.25) is 14.4 Å². The maximum Gasteiger partial charge on any atom is 0.342 e. The van der Waals surface area contributed by atoms with Gasteiger partial charge < -0.3 is 34.0 Å². The van der Waals surface area contributed by atoms with E-state index in [9.17, 15) is 29.4 Å². The van der Waals surface area contributed by atoms with Gasteiger partial charge in [-0.25, -0.2) is 4.79 Å². The van der Waals surface area contributed by atoms with E-state index in [0.717, 1.165) is 0 Å². The van der Waals surface area contributed by atoms with Crippen LogP contribution in [0.3, 0.4) is 0 Å². The summed E-state index contributed by atoms with van der Waals surface area (Å²) in [6, 6.07) is 0. The smallest absolute Gasteiger partial charge is 0.342 e. The number of hydrogen-bond donors (Lipinski definition) is 2. The Balaban J connectivity index is 1.33. The second-order valence-corrected chi connectivity index (χ2v) is 14.0. The Morgan fingerprint density at radius 2 is 1.85 bits per heavy atom. The first-order valence-corrected chi connectivity index (χ1v) is 14.1. The topological polar surface area (TPSA) is 164 Å². The van der Waals surface area contributed by atoms with Gasteiger partial charge in [-0.2, -0.15) is 4.89 Å². The normalized spacial score (nSPS) is 61.9. The van der Waals surface area contributed by atoms with Crippen LogP contribution in [0.25, 0.3) is 0 Å². The number of Topliss-reactive ketones (excluding diaryl/α,β-unsaturated/α-hetero) is 2. The molecule has 7 bridgehead atoms. The molecule has 0 aromatic rings. The molecule has 13 atom stereocenters. The minimum absolute atomic E-state index is 0.0153. The lowest BCUT2D eigenvalue weighted by Crippen LogP contribution is -2.79. The zero-order valence-corrected chi connectivity index (χ0v) is 22.3. The second kappa shape index (κ2) is 6.34. The van der Waals surface area contributed by atoms with Crippen molar-refractivity contribution in [2.45, 2.75) is 93.3 Å². The quantitative estimate of drug-likeness (QED) is 0.303. The van der Waals surface area contributed by atoms with Crippen molar-refractivity contribution in [2.24, 2.45) is 34.5 Å². The van der Waals surface area contributed by atoms with Gasteiger partial charge in [0.15, 0.2) is 28.2 Å². The van der Waals surface area contributed by atoms with Gasteiger partial charge in [0, 0.05) is 12.3 Å². The summed E-state index contributed by atoms with van der Waals surface area (Å²) in [4.78, 5) is 67.1. The van der Waals surface area contributed by atoms with Gasteiger partial charge in [0.05, 0.1) is 30.0 Å². The molecule has 214 valence electrons. The average Bonchev–Trinajstić information content (AvgIpc) is 3.23. The van der Waals surface area contributed by atoms with Crippen molar-refractivity contribution in [3.05, 3.63) is 11.8 Å². The van der Waals surface area contributed by atoms with E-state index in [0.29, 0.717) is 0 Å². The van der Waals surface area contributed by atoms with Crippen LogP contribution in [0.2, 0.25) is 0 Å². The minimum Gasteiger partial charge on any atom is -0.458 e. The summed E-state index contributed by atoms with van der Waals surface area (Å²) >= 11 is 0. The summed E-state index contributed by atoms with van der Waals surface area (Å²) < 4.78 is 25.1. The Morgan fingerprint density at radius 3 is 2.58 bits per heavy atom. The standard InChI is InChI=1S/C28H30O12/c1-22-9-16-24(3)28-17(22)19(31)27(39-28,35-10-13(22)20(32)36-16)12-8-15(29)26-7-5-14(38-40-26)18(30)23(26,2)11(12)4-6-25(28,34)21(33)37-24/h5,11-13,15-17,29,34H,4,6-10H2,1-3H3/t11?,12?,13-,15+,16+,17?,22+,23-,24-,25+,26+,27?,28-/m0/s1. The van der Waals surface area contributed by atoms with Crippen molar-refractivity contribution in [1.82, 2.24) is 0 Å². The van der Waals surface area contributed by atoms with Gasteiger partial charge in [-0.15, -0.1) is 0 Å². The van der Waals surface area contributed by atoms with Crippen LogP contribution in [-0.4, -0.2) is 80.7 Å². The van der Waals surface area contributed by atoms with Gasteiger partial charge in [-0.05, 0) is 56.9 Å². The largest absolute Gasteiger partial charge is 0.458 e. The molecule has 3 spiro atoms. The number of fused-ring (bicyclic) bond motifs is 5. The van der Waals surface area contributed by atoms with Crippen LogP contribution in [-0.2, 0) is 47.9 Å². The second-order valence-electron chi connectivity index (χ2n) is 14.0. The molecular weight excluding hydrogens is 528 g/mol. The Kier molecular flexibility index (Phi) is 3.84. The molecule has 3 aliphatic carbocycles. The van der Waals surface area contributed by atoms with Crippen LogP contribution in [0.4, 0.5) is 0 Å². The van der Waals surface area contributed by atoms with Gasteiger partial charge >= 0.3 is 11.9 Å². The third-order valence-electron chi connectivity index (χ3n) is 13.0. The van der Waals surface area contributed by atoms with E-state index in [-0.39, 0.29) is 50.3 Å². The molecule has 2 saturated carbocycles. The summed E-state index contributed by atoms with van der Waals surface area (Å²) in [5, 5.41) is 24.2. The number of ether oxygens (including phenoxy) is 4. The fourth-order valence-corrected chi connectivity index (χ4v) is 11.0. The Labute approximate surface area is 228 Å². The first kappa shape index (κ1) is 24.2. The molecule has 10 aliphatic rings. The molecule has 6 saturated heterocycles.